The van der Waals surface area contributed by atoms with Crippen molar-refractivity contribution in [1.29, 1.82) is 0 Å². The van der Waals surface area contributed by atoms with Crippen LogP contribution in [0.5, 0.6) is 0 Å². The molecule has 1 aliphatic rings. The number of methoxy groups -OCH3 is 1. The normalized spacial score (nSPS) is 21.9. The highest BCUT2D eigenvalue weighted by atomic mass is 32.2. The average Bonchev–Trinajstić information content (AvgIpc) is 2.25. The summed E-state index contributed by atoms with van der Waals surface area (Å²) in [4.78, 5) is 10.8. The summed E-state index contributed by atoms with van der Waals surface area (Å²) in [7, 11) is 1.44. The van der Waals surface area contributed by atoms with Gasteiger partial charge in [-0.05, 0) is 19.4 Å². The van der Waals surface area contributed by atoms with E-state index in [9.17, 15) is 4.79 Å². The van der Waals surface area contributed by atoms with Gasteiger partial charge in [-0.15, -0.1) is 0 Å². The van der Waals surface area contributed by atoms with Crippen molar-refractivity contribution >= 4 is 17.7 Å². The maximum absolute atomic E-state index is 10.8. The minimum absolute atomic E-state index is 0.103. The first-order valence-corrected chi connectivity index (χ1v) is 6.36. The van der Waals surface area contributed by atoms with Crippen molar-refractivity contribution in [3.8, 4) is 0 Å². The molecule has 0 aliphatic carbocycles. The number of hydrogen-bond acceptors (Lipinski definition) is 4. The first-order chi connectivity index (χ1) is 6.83. The average molecular weight is 217 g/mol. The standard InChI is InChI=1S/C10H19NO2S/c1-13-10(12)5-7-14-8-9-4-2-3-6-11-9/h9,11H,2-8H2,1H3/t9-/m1/s1. The SMILES string of the molecule is COC(=O)CCSC[C@H]1CCCCN1. The molecule has 1 fully saturated rings. The Balaban J connectivity index is 1.94. The molecule has 1 rings (SSSR count). The van der Waals surface area contributed by atoms with Crippen molar-refractivity contribution in [1.82, 2.24) is 5.32 Å². The van der Waals surface area contributed by atoms with Crippen LogP contribution in [0.2, 0.25) is 0 Å². The Morgan fingerprint density at radius 2 is 2.43 bits per heavy atom. The number of ether oxygens (including phenoxy) is 1. The molecule has 0 aromatic carbocycles. The number of carbonyl (C=O) groups is 1. The van der Waals surface area contributed by atoms with E-state index >= 15 is 0 Å². The zero-order valence-corrected chi connectivity index (χ0v) is 9.57. The molecule has 0 saturated carbocycles. The van der Waals surface area contributed by atoms with E-state index in [4.69, 9.17) is 0 Å². The highest BCUT2D eigenvalue weighted by molar-refractivity contribution is 7.99. The number of carbonyl (C=O) groups excluding carboxylic acids is 1. The van der Waals surface area contributed by atoms with Crippen molar-refractivity contribution in [3.63, 3.8) is 0 Å². The maximum Gasteiger partial charge on any atom is 0.306 e. The van der Waals surface area contributed by atoms with Gasteiger partial charge in [-0.25, -0.2) is 0 Å². The van der Waals surface area contributed by atoms with Crippen LogP contribution in [-0.4, -0.2) is 37.2 Å². The number of hydrogen-bond donors (Lipinski definition) is 1. The van der Waals surface area contributed by atoms with Gasteiger partial charge in [0.1, 0.15) is 0 Å². The highest BCUT2D eigenvalue weighted by Crippen LogP contribution is 2.13. The number of piperidine rings is 1. The highest BCUT2D eigenvalue weighted by Gasteiger charge is 2.12. The molecule has 82 valence electrons. The van der Waals surface area contributed by atoms with E-state index in [1.54, 1.807) is 0 Å². The molecule has 0 aromatic heterocycles. The minimum Gasteiger partial charge on any atom is -0.469 e. The summed E-state index contributed by atoms with van der Waals surface area (Å²) < 4.78 is 4.57. The van der Waals surface area contributed by atoms with Crippen molar-refractivity contribution in [2.45, 2.75) is 31.7 Å². The van der Waals surface area contributed by atoms with Crippen molar-refractivity contribution in [3.05, 3.63) is 0 Å². The van der Waals surface area contributed by atoms with Gasteiger partial charge in [0, 0.05) is 17.5 Å². The predicted octanol–water partition coefficient (Wildman–Crippen LogP) is 1.42. The first kappa shape index (κ1) is 11.9. The topological polar surface area (TPSA) is 38.3 Å². The molecule has 0 amide bonds. The summed E-state index contributed by atoms with van der Waals surface area (Å²) in [6, 6.07) is 0.659. The summed E-state index contributed by atoms with van der Waals surface area (Å²) >= 11 is 1.84. The Morgan fingerprint density at radius 3 is 3.07 bits per heavy atom. The second-order valence-corrected chi connectivity index (χ2v) is 4.70. The Morgan fingerprint density at radius 1 is 1.57 bits per heavy atom. The van der Waals surface area contributed by atoms with Gasteiger partial charge in [0.2, 0.25) is 0 Å². The molecule has 1 saturated heterocycles. The van der Waals surface area contributed by atoms with Crippen LogP contribution >= 0.6 is 11.8 Å². The van der Waals surface area contributed by atoms with E-state index < -0.39 is 0 Å². The Bertz CT molecular complexity index is 170. The molecule has 14 heavy (non-hydrogen) atoms. The van der Waals surface area contributed by atoms with E-state index in [0.29, 0.717) is 12.5 Å². The fourth-order valence-electron chi connectivity index (χ4n) is 1.55. The molecule has 0 aromatic rings. The maximum atomic E-state index is 10.8. The Hall–Kier alpha value is -0.220. The van der Waals surface area contributed by atoms with Gasteiger partial charge in [-0.2, -0.15) is 11.8 Å². The van der Waals surface area contributed by atoms with Crippen LogP contribution in [0.1, 0.15) is 25.7 Å². The third-order valence-corrected chi connectivity index (χ3v) is 3.54. The van der Waals surface area contributed by atoms with Gasteiger partial charge >= 0.3 is 5.97 Å². The molecule has 0 unspecified atom stereocenters. The van der Waals surface area contributed by atoms with Crippen LogP contribution < -0.4 is 5.32 Å². The Labute approximate surface area is 90.0 Å². The van der Waals surface area contributed by atoms with Crippen molar-refractivity contribution in [2.24, 2.45) is 0 Å². The van der Waals surface area contributed by atoms with E-state index in [-0.39, 0.29) is 5.97 Å². The molecule has 3 nitrogen and oxygen atoms in total. The number of thioether (sulfide) groups is 1. The lowest BCUT2D eigenvalue weighted by Crippen LogP contribution is -2.35. The molecular formula is C10H19NO2S. The van der Waals surface area contributed by atoms with Gasteiger partial charge in [-0.3, -0.25) is 4.79 Å². The van der Waals surface area contributed by atoms with Crippen LogP contribution in [0.15, 0.2) is 0 Å². The lowest BCUT2D eigenvalue weighted by molar-refractivity contribution is -0.140. The third kappa shape index (κ3) is 4.86. The van der Waals surface area contributed by atoms with E-state index in [0.717, 1.165) is 18.1 Å². The first-order valence-electron chi connectivity index (χ1n) is 5.21. The zero-order chi connectivity index (χ0) is 10.2. The van der Waals surface area contributed by atoms with Crippen molar-refractivity contribution < 1.29 is 9.53 Å². The van der Waals surface area contributed by atoms with Gasteiger partial charge in [0.05, 0.1) is 13.5 Å². The molecule has 4 heteroatoms. The van der Waals surface area contributed by atoms with Crippen molar-refractivity contribution in [2.75, 3.05) is 25.2 Å². The second-order valence-electron chi connectivity index (χ2n) is 3.55. The summed E-state index contributed by atoms with van der Waals surface area (Å²) in [5.74, 6) is 1.90. The largest absolute Gasteiger partial charge is 0.469 e. The lowest BCUT2D eigenvalue weighted by Gasteiger charge is -2.22. The minimum atomic E-state index is -0.103. The van der Waals surface area contributed by atoms with Gasteiger partial charge in [0.15, 0.2) is 0 Å². The summed E-state index contributed by atoms with van der Waals surface area (Å²) in [6.07, 6.45) is 4.47. The number of rotatable bonds is 5. The molecule has 0 bridgehead atoms. The fourth-order valence-corrected chi connectivity index (χ4v) is 2.60. The Kier molecular flexibility index (Phi) is 6.03. The fraction of sp³-hybridized carbons (Fsp3) is 0.900. The quantitative estimate of drug-likeness (QED) is 0.558. The molecule has 1 heterocycles. The molecule has 0 spiro atoms. The second kappa shape index (κ2) is 7.12. The van der Waals surface area contributed by atoms with Crippen LogP contribution in [0.3, 0.4) is 0 Å². The van der Waals surface area contributed by atoms with Gasteiger partial charge in [0.25, 0.3) is 0 Å². The van der Waals surface area contributed by atoms with Crippen LogP contribution in [-0.2, 0) is 9.53 Å². The van der Waals surface area contributed by atoms with Crippen LogP contribution in [0.4, 0.5) is 0 Å². The molecule has 0 radical (unpaired) electrons. The molecular weight excluding hydrogens is 198 g/mol. The lowest BCUT2D eigenvalue weighted by atomic mass is 10.1. The van der Waals surface area contributed by atoms with Crippen LogP contribution in [0, 0.1) is 0 Å². The van der Waals surface area contributed by atoms with E-state index in [2.05, 4.69) is 10.1 Å². The molecule has 1 atom stereocenters. The third-order valence-electron chi connectivity index (χ3n) is 2.41. The number of nitrogens with one attached hydrogen (secondary N) is 1. The smallest absolute Gasteiger partial charge is 0.306 e. The van der Waals surface area contributed by atoms with Gasteiger partial charge < -0.3 is 10.1 Å². The number of esters is 1. The van der Waals surface area contributed by atoms with Crippen LogP contribution in [0.25, 0.3) is 0 Å². The molecule has 1 aliphatic heterocycles. The monoisotopic (exact) mass is 217 g/mol. The summed E-state index contributed by atoms with van der Waals surface area (Å²) in [5, 5.41) is 3.48. The predicted molar refractivity (Wildman–Crippen MR) is 59.6 cm³/mol. The summed E-state index contributed by atoms with van der Waals surface area (Å²) in [6.45, 7) is 1.15. The molecule has 1 N–H and O–H groups in total. The summed E-state index contributed by atoms with van der Waals surface area (Å²) in [5.41, 5.74) is 0. The zero-order valence-electron chi connectivity index (χ0n) is 8.75. The van der Waals surface area contributed by atoms with Gasteiger partial charge in [-0.1, -0.05) is 6.42 Å². The van der Waals surface area contributed by atoms with E-state index in [1.165, 1.54) is 26.4 Å². The van der Waals surface area contributed by atoms with E-state index in [1.807, 2.05) is 11.8 Å².